The van der Waals surface area contributed by atoms with E-state index in [1.165, 1.54) is 74.1 Å². The van der Waals surface area contributed by atoms with Crippen LogP contribution in [-0.2, 0) is 0 Å². The molecule has 0 spiro atoms. The normalized spacial score (nSPS) is 26.1. The quantitative estimate of drug-likeness (QED) is 0.386. The summed E-state index contributed by atoms with van der Waals surface area (Å²) in [5.74, 6) is 3.42. The van der Waals surface area contributed by atoms with Gasteiger partial charge < -0.3 is 9.84 Å². The van der Waals surface area contributed by atoms with Gasteiger partial charge in [0.15, 0.2) is 0 Å². The van der Waals surface area contributed by atoms with Crippen LogP contribution in [0.2, 0.25) is 0 Å². The van der Waals surface area contributed by atoms with Gasteiger partial charge >= 0.3 is 0 Å². The van der Waals surface area contributed by atoms with Crippen LogP contribution < -0.4 is 5.32 Å². The van der Waals surface area contributed by atoms with Crippen LogP contribution in [0.4, 0.5) is 0 Å². The maximum absolute atomic E-state index is 5.67. The summed E-state index contributed by atoms with van der Waals surface area (Å²) in [7, 11) is 0. The largest absolute Gasteiger partial charge is 0.339 e. The van der Waals surface area contributed by atoms with E-state index in [9.17, 15) is 0 Å². The zero-order chi connectivity index (χ0) is 24.3. The monoisotopic (exact) mass is 481 g/mol. The Bertz CT molecular complexity index is 1230. The van der Waals surface area contributed by atoms with E-state index < -0.39 is 0 Å². The zero-order valence-corrected chi connectivity index (χ0v) is 21.5. The van der Waals surface area contributed by atoms with Crippen LogP contribution in [0, 0.1) is 11.8 Å². The van der Waals surface area contributed by atoms with E-state index in [-0.39, 0.29) is 0 Å². The molecule has 3 aromatic rings. The second-order valence-electron chi connectivity index (χ2n) is 11.3. The van der Waals surface area contributed by atoms with Crippen molar-refractivity contribution in [3.05, 3.63) is 78.0 Å². The number of rotatable bonds is 6. The molecule has 3 aliphatic rings. The number of nitrogens with one attached hydrogen (secondary N) is 1. The highest BCUT2D eigenvalue weighted by Gasteiger charge is 2.29. The molecule has 1 aromatic heterocycles. The molecule has 3 aliphatic carbocycles. The lowest BCUT2D eigenvalue weighted by molar-refractivity contribution is 0.228. The Morgan fingerprint density at radius 1 is 0.944 bits per heavy atom. The molecule has 6 rings (SSSR count). The zero-order valence-electron chi connectivity index (χ0n) is 21.5. The van der Waals surface area contributed by atoms with Crippen LogP contribution >= 0.6 is 0 Å². The molecule has 4 atom stereocenters. The summed E-state index contributed by atoms with van der Waals surface area (Å²) >= 11 is 0. The highest BCUT2D eigenvalue weighted by molar-refractivity contribution is 5.86. The Kier molecular flexibility index (Phi) is 7.05. The van der Waals surface area contributed by atoms with Crippen LogP contribution in [0.25, 0.3) is 16.3 Å². The lowest BCUT2D eigenvalue weighted by Crippen LogP contribution is -2.37. The number of fused-ring (bicyclic) bond motifs is 1. The topological polar surface area (TPSA) is 51.0 Å². The van der Waals surface area contributed by atoms with Gasteiger partial charge in [0.25, 0.3) is 0 Å². The Morgan fingerprint density at radius 2 is 1.81 bits per heavy atom. The summed E-state index contributed by atoms with van der Waals surface area (Å²) in [5.41, 5.74) is 2.54. The molecule has 36 heavy (non-hydrogen) atoms. The van der Waals surface area contributed by atoms with E-state index >= 15 is 0 Å². The third-order valence-corrected chi connectivity index (χ3v) is 8.88. The predicted octanol–water partition coefficient (Wildman–Crippen LogP) is 8.14. The van der Waals surface area contributed by atoms with E-state index in [0.29, 0.717) is 23.9 Å². The Morgan fingerprint density at radius 3 is 2.67 bits per heavy atom. The molecule has 1 N–H and O–H groups in total. The van der Waals surface area contributed by atoms with Crippen molar-refractivity contribution in [1.29, 1.82) is 0 Å². The lowest BCUT2D eigenvalue weighted by Gasteiger charge is -2.36. The van der Waals surface area contributed by atoms with E-state index in [1.807, 2.05) is 0 Å². The summed E-state index contributed by atoms with van der Waals surface area (Å²) in [6.07, 6.45) is 19.5. The predicted molar refractivity (Wildman–Crippen MR) is 147 cm³/mol. The van der Waals surface area contributed by atoms with Crippen LogP contribution in [0.5, 0.6) is 0 Å². The molecule has 0 bridgehead atoms. The molecule has 4 heteroatoms. The van der Waals surface area contributed by atoms with Gasteiger partial charge in [-0.2, -0.15) is 4.98 Å². The fourth-order valence-corrected chi connectivity index (χ4v) is 6.86. The second-order valence-corrected chi connectivity index (χ2v) is 11.3. The molecule has 0 aliphatic heterocycles. The molecule has 1 heterocycles. The van der Waals surface area contributed by atoms with Crippen molar-refractivity contribution in [2.45, 2.75) is 89.1 Å². The summed E-state index contributed by atoms with van der Waals surface area (Å²) in [5, 5.41) is 11.0. The van der Waals surface area contributed by atoms with Gasteiger partial charge in [0.1, 0.15) is 0 Å². The first-order chi connectivity index (χ1) is 17.7. The molecule has 1 unspecified atom stereocenters. The minimum absolute atomic E-state index is 0.352. The minimum Gasteiger partial charge on any atom is -0.339 e. The number of aromatic nitrogens is 2. The van der Waals surface area contributed by atoms with Crippen LogP contribution in [0.1, 0.15) is 100 Å². The highest BCUT2D eigenvalue weighted by atomic mass is 16.5. The molecular weight excluding hydrogens is 442 g/mol. The second kappa shape index (κ2) is 10.7. The van der Waals surface area contributed by atoms with Gasteiger partial charge in [-0.3, -0.25) is 0 Å². The minimum atomic E-state index is 0.352. The van der Waals surface area contributed by atoms with Gasteiger partial charge in [0, 0.05) is 23.6 Å². The molecule has 188 valence electrons. The number of nitrogens with zero attached hydrogens (tertiary/aromatic N) is 2. The molecule has 4 nitrogen and oxygen atoms in total. The van der Waals surface area contributed by atoms with Gasteiger partial charge in [-0.15, -0.1) is 0 Å². The maximum Gasteiger partial charge on any atom is 0.230 e. The highest BCUT2D eigenvalue weighted by Crippen LogP contribution is 2.38. The first-order valence-electron chi connectivity index (χ1n) is 14.2. The first kappa shape index (κ1) is 23.7. The van der Waals surface area contributed by atoms with Crippen LogP contribution in [0.3, 0.4) is 0 Å². The molecule has 0 saturated heterocycles. The number of benzene rings is 2. The van der Waals surface area contributed by atoms with Gasteiger partial charge in [0.2, 0.25) is 11.7 Å². The van der Waals surface area contributed by atoms with E-state index in [0.717, 1.165) is 29.6 Å². The van der Waals surface area contributed by atoms with Crippen molar-refractivity contribution in [3.8, 4) is 0 Å². The third-order valence-electron chi connectivity index (χ3n) is 8.88. The van der Waals surface area contributed by atoms with E-state index in [1.54, 1.807) is 0 Å². The maximum atomic E-state index is 5.67. The average Bonchev–Trinajstić information content (AvgIpc) is 3.44. The Balaban J connectivity index is 1.07. The molecule has 2 saturated carbocycles. The molecule has 2 aromatic carbocycles. The SMILES string of the molecule is C[C@@H](N[C@H]1CCC[C@H](C2C=CC(c3noc(C4CCCCC4)n3)=CC2)C1)c1cccc2ccccc12. The molecule has 0 radical (unpaired) electrons. The standard InChI is InChI=1S/C32H39N3O/c1-22(29-16-8-12-24-9-5-6-15-30(24)29)33-28-14-7-13-27(21-28)23-17-19-25(20-18-23)31-34-32(36-35-31)26-10-3-2-4-11-26/h5-6,8-9,12,15-17,19-20,22-23,26-28,33H,2-4,7,10-11,13-14,18,21H2,1H3/t22-,23?,27+,28+/m1/s1. The van der Waals surface area contributed by atoms with Crippen molar-refractivity contribution in [3.63, 3.8) is 0 Å². The lowest BCUT2D eigenvalue weighted by atomic mass is 9.74. The van der Waals surface area contributed by atoms with Crippen molar-refractivity contribution >= 4 is 16.3 Å². The van der Waals surface area contributed by atoms with Gasteiger partial charge in [-0.1, -0.05) is 91.5 Å². The Hall–Kier alpha value is -2.72. The average molecular weight is 482 g/mol. The van der Waals surface area contributed by atoms with Crippen molar-refractivity contribution in [1.82, 2.24) is 15.5 Å². The molecule has 2 fully saturated rings. The van der Waals surface area contributed by atoms with Crippen molar-refractivity contribution in [2.24, 2.45) is 11.8 Å². The third kappa shape index (κ3) is 5.06. The Labute approximate surface area is 215 Å². The van der Waals surface area contributed by atoms with Crippen LogP contribution in [0.15, 0.2) is 65.2 Å². The van der Waals surface area contributed by atoms with E-state index in [4.69, 9.17) is 9.51 Å². The van der Waals surface area contributed by atoms with Crippen LogP contribution in [-0.4, -0.2) is 16.2 Å². The summed E-state index contributed by atoms with van der Waals surface area (Å²) in [6, 6.07) is 16.4. The fraction of sp³-hybridized carbons (Fsp3) is 0.500. The number of allylic oxidation sites excluding steroid dienone is 4. The summed E-state index contributed by atoms with van der Waals surface area (Å²) < 4.78 is 5.67. The van der Waals surface area contributed by atoms with Gasteiger partial charge in [-0.25, -0.2) is 0 Å². The summed E-state index contributed by atoms with van der Waals surface area (Å²) in [6.45, 7) is 2.33. The smallest absolute Gasteiger partial charge is 0.230 e. The van der Waals surface area contributed by atoms with Gasteiger partial charge in [0.05, 0.1) is 0 Å². The first-order valence-corrected chi connectivity index (χ1v) is 14.2. The number of hydrogen-bond acceptors (Lipinski definition) is 4. The molecular formula is C32H39N3O. The fourth-order valence-electron chi connectivity index (χ4n) is 6.86. The number of hydrogen-bond donors (Lipinski definition) is 1. The van der Waals surface area contributed by atoms with Gasteiger partial charge in [-0.05, 0) is 73.6 Å². The van der Waals surface area contributed by atoms with Crippen molar-refractivity contribution < 1.29 is 4.52 Å². The molecule has 0 amide bonds. The summed E-state index contributed by atoms with van der Waals surface area (Å²) in [4.78, 5) is 4.78. The van der Waals surface area contributed by atoms with Crippen molar-refractivity contribution in [2.75, 3.05) is 0 Å². The van der Waals surface area contributed by atoms with E-state index in [2.05, 4.69) is 78.1 Å².